The lowest BCUT2D eigenvalue weighted by molar-refractivity contribution is 0.0464. The Bertz CT molecular complexity index is 808. The number of oxazole rings is 1. The Balaban J connectivity index is 1.69. The molecule has 5 nitrogen and oxygen atoms in total. The van der Waals surface area contributed by atoms with Crippen molar-refractivity contribution in [1.29, 1.82) is 0 Å². The van der Waals surface area contributed by atoms with Gasteiger partial charge in [-0.1, -0.05) is 17.7 Å². The molecule has 0 N–H and O–H groups in total. The molecule has 0 aliphatic carbocycles. The van der Waals surface area contributed by atoms with Gasteiger partial charge in [-0.15, -0.1) is 11.3 Å². The van der Waals surface area contributed by atoms with Gasteiger partial charge in [-0.25, -0.2) is 9.78 Å². The maximum atomic E-state index is 12.2. The molecule has 1 aromatic carbocycles. The van der Waals surface area contributed by atoms with Gasteiger partial charge >= 0.3 is 5.97 Å². The maximum absolute atomic E-state index is 12.2. The fraction of sp³-hybridized carbons (Fsp3) is 0.176. The monoisotopic (exact) mass is 329 g/mol. The van der Waals surface area contributed by atoms with Gasteiger partial charge in [-0.2, -0.15) is 0 Å². The fourth-order valence-electron chi connectivity index (χ4n) is 2.09. The molecule has 2 aromatic heterocycles. The number of esters is 1. The topological polar surface area (TPSA) is 61.6 Å². The number of hydrogen-bond donors (Lipinski definition) is 0. The zero-order chi connectivity index (χ0) is 16.2. The summed E-state index contributed by atoms with van der Waals surface area (Å²) in [4.78, 5) is 17.5. The number of aromatic nitrogens is 1. The first-order valence-electron chi connectivity index (χ1n) is 6.97. The number of ether oxygens (including phenoxy) is 2. The zero-order valence-electron chi connectivity index (χ0n) is 12.7. The van der Waals surface area contributed by atoms with Gasteiger partial charge in [0.05, 0.1) is 12.0 Å². The molecule has 0 bridgehead atoms. The second-order valence-electron chi connectivity index (χ2n) is 4.90. The quantitative estimate of drug-likeness (QED) is 0.660. The fourth-order valence-corrected chi connectivity index (χ4v) is 2.74. The molecule has 0 atom stereocenters. The average Bonchev–Trinajstić information content (AvgIpc) is 3.23. The molecule has 3 aromatic rings. The Hall–Kier alpha value is -2.60. The van der Waals surface area contributed by atoms with E-state index in [1.807, 2.05) is 30.5 Å². The van der Waals surface area contributed by atoms with Gasteiger partial charge in [-0.05, 0) is 30.5 Å². The zero-order valence-corrected chi connectivity index (χ0v) is 13.6. The summed E-state index contributed by atoms with van der Waals surface area (Å²) >= 11 is 1.54. The first-order valence-corrected chi connectivity index (χ1v) is 7.85. The van der Waals surface area contributed by atoms with E-state index in [-0.39, 0.29) is 6.61 Å². The minimum atomic E-state index is -0.453. The van der Waals surface area contributed by atoms with Gasteiger partial charge in [0.1, 0.15) is 29.9 Å². The Morgan fingerprint density at radius 2 is 2.22 bits per heavy atom. The van der Waals surface area contributed by atoms with E-state index in [0.717, 1.165) is 10.4 Å². The largest absolute Gasteiger partial charge is 0.496 e. The van der Waals surface area contributed by atoms with Crippen LogP contribution in [0.25, 0.3) is 10.8 Å². The molecule has 0 unspecified atom stereocenters. The molecule has 23 heavy (non-hydrogen) atoms. The van der Waals surface area contributed by atoms with Crippen LogP contribution < -0.4 is 4.74 Å². The highest BCUT2D eigenvalue weighted by Gasteiger charge is 2.15. The predicted octanol–water partition coefficient (Wildman–Crippen LogP) is 4.08. The number of methoxy groups -OCH3 is 1. The number of rotatable bonds is 5. The molecule has 0 spiro atoms. The molecule has 2 heterocycles. The summed E-state index contributed by atoms with van der Waals surface area (Å²) in [6.45, 7) is 1.95. The van der Waals surface area contributed by atoms with Crippen LogP contribution >= 0.6 is 11.3 Å². The van der Waals surface area contributed by atoms with Crippen LogP contribution in [0.4, 0.5) is 0 Å². The van der Waals surface area contributed by atoms with Gasteiger partial charge in [0.2, 0.25) is 5.89 Å². The normalized spacial score (nSPS) is 10.5. The summed E-state index contributed by atoms with van der Waals surface area (Å²) in [6.07, 6.45) is 1.50. The molecule has 0 amide bonds. The van der Waals surface area contributed by atoms with E-state index in [4.69, 9.17) is 13.9 Å². The van der Waals surface area contributed by atoms with Crippen molar-refractivity contribution in [3.63, 3.8) is 0 Å². The Morgan fingerprint density at radius 1 is 1.35 bits per heavy atom. The first kappa shape index (κ1) is 15.3. The SMILES string of the molecule is COc1ccc(C)cc1C(=O)OCc1coc(-c2cccs2)n1. The molecule has 0 radical (unpaired) electrons. The average molecular weight is 329 g/mol. The van der Waals surface area contributed by atoms with Crippen molar-refractivity contribution in [2.75, 3.05) is 7.11 Å². The predicted molar refractivity (Wildman–Crippen MR) is 86.7 cm³/mol. The van der Waals surface area contributed by atoms with E-state index in [2.05, 4.69) is 4.98 Å². The summed E-state index contributed by atoms with van der Waals surface area (Å²) in [5.41, 5.74) is 1.92. The lowest BCUT2D eigenvalue weighted by atomic mass is 10.1. The Labute approximate surface area is 137 Å². The first-order chi connectivity index (χ1) is 11.2. The van der Waals surface area contributed by atoms with E-state index < -0.39 is 5.97 Å². The van der Waals surface area contributed by atoms with Crippen molar-refractivity contribution in [2.24, 2.45) is 0 Å². The molecular formula is C17H15NO4S. The third-order valence-electron chi connectivity index (χ3n) is 3.21. The third-order valence-corrected chi connectivity index (χ3v) is 4.07. The minimum absolute atomic E-state index is 0.0464. The molecular weight excluding hydrogens is 314 g/mol. The molecule has 0 aliphatic rings. The van der Waals surface area contributed by atoms with E-state index in [1.165, 1.54) is 24.7 Å². The molecule has 118 valence electrons. The maximum Gasteiger partial charge on any atom is 0.342 e. The number of nitrogens with zero attached hydrogens (tertiary/aromatic N) is 1. The summed E-state index contributed by atoms with van der Waals surface area (Å²) in [6, 6.07) is 9.20. The van der Waals surface area contributed by atoms with Crippen molar-refractivity contribution in [3.05, 3.63) is 58.8 Å². The van der Waals surface area contributed by atoms with Crippen molar-refractivity contribution in [3.8, 4) is 16.5 Å². The number of thiophene rings is 1. The van der Waals surface area contributed by atoms with Crippen LogP contribution in [0.2, 0.25) is 0 Å². The van der Waals surface area contributed by atoms with E-state index in [1.54, 1.807) is 12.1 Å². The van der Waals surface area contributed by atoms with Crippen LogP contribution in [0, 0.1) is 6.92 Å². The minimum Gasteiger partial charge on any atom is -0.496 e. The van der Waals surface area contributed by atoms with Crippen LogP contribution in [-0.4, -0.2) is 18.1 Å². The number of hydrogen-bond acceptors (Lipinski definition) is 6. The molecule has 0 aliphatic heterocycles. The van der Waals surface area contributed by atoms with Crippen LogP contribution in [0.1, 0.15) is 21.6 Å². The van der Waals surface area contributed by atoms with Crippen LogP contribution in [-0.2, 0) is 11.3 Å². The summed E-state index contributed by atoms with van der Waals surface area (Å²) in [5.74, 6) is 0.561. The number of carbonyl (C=O) groups is 1. The van der Waals surface area contributed by atoms with E-state index >= 15 is 0 Å². The summed E-state index contributed by atoms with van der Waals surface area (Å²) < 4.78 is 15.9. The summed E-state index contributed by atoms with van der Waals surface area (Å²) in [5, 5.41) is 1.95. The van der Waals surface area contributed by atoms with Crippen molar-refractivity contribution in [1.82, 2.24) is 4.98 Å². The van der Waals surface area contributed by atoms with Gasteiger partial charge < -0.3 is 13.9 Å². The van der Waals surface area contributed by atoms with E-state index in [0.29, 0.717) is 22.9 Å². The summed E-state index contributed by atoms with van der Waals surface area (Å²) in [7, 11) is 1.52. The van der Waals surface area contributed by atoms with Crippen LogP contribution in [0.3, 0.4) is 0 Å². The number of aryl methyl sites for hydroxylation is 1. The second-order valence-corrected chi connectivity index (χ2v) is 5.85. The van der Waals surface area contributed by atoms with Gasteiger partial charge in [0.25, 0.3) is 0 Å². The van der Waals surface area contributed by atoms with Crippen molar-refractivity contribution in [2.45, 2.75) is 13.5 Å². The van der Waals surface area contributed by atoms with Crippen molar-refractivity contribution >= 4 is 17.3 Å². The number of benzene rings is 1. The second kappa shape index (κ2) is 6.66. The molecule has 6 heteroatoms. The number of carbonyl (C=O) groups excluding carboxylic acids is 1. The smallest absolute Gasteiger partial charge is 0.342 e. The standard InChI is InChI=1S/C17H15NO4S/c1-11-5-6-14(20-2)13(8-11)17(19)22-10-12-9-21-16(18-12)15-4-3-7-23-15/h3-9H,10H2,1-2H3. The van der Waals surface area contributed by atoms with Gasteiger partial charge in [-0.3, -0.25) is 0 Å². The van der Waals surface area contributed by atoms with Crippen LogP contribution in [0.15, 0.2) is 46.4 Å². The Morgan fingerprint density at radius 3 is 2.96 bits per heavy atom. The van der Waals surface area contributed by atoms with Gasteiger partial charge in [0, 0.05) is 0 Å². The molecule has 0 fully saturated rings. The lowest BCUT2D eigenvalue weighted by Gasteiger charge is -2.08. The van der Waals surface area contributed by atoms with Gasteiger partial charge in [0.15, 0.2) is 0 Å². The van der Waals surface area contributed by atoms with Crippen molar-refractivity contribution < 1.29 is 18.7 Å². The molecule has 3 rings (SSSR count). The molecule has 0 saturated carbocycles. The molecule has 0 saturated heterocycles. The third kappa shape index (κ3) is 3.43. The van der Waals surface area contributed by atoms with Crippen LogP contribution in [0.5, 0.6) is 5.75 Å². The van der Waals surface area contributed by atoms with E-state index in [9.17, 15) is 4.79 Å². The lowest BCUT2D eigenvalue weighted by Crippen LogP contribution is -2.07. The highest BCUT2D eigenvalue weighted by molar-refractivity contribution is 7.13. The Kier molecular flexibility index (Phi) is 4.43. The highest BCUT2D eigenvalue weighted by atomic mass is 32.1. The highest BCUT2D eigenvalue weighted by Crippen LogP contribution is 2.24.